The van der Waals surface area contributed by atoms with Crippen molar-refractivity contribution in [3.8, 4) is 17.2 Å². The summed E-state index contributed by atoms with van der Waals surface area (Å²) in [5.41, 5.74) is 0.720. The maximum atomic E-state index is 9.12. The fraction of sp³-hybridized carbons (Fsp3) is 0.385. The highest BCUT2D eigenvalue weighted by molar-refractivity contribution is 5.53. The van der Waals surface area contributed by atoms with Crippen LogP contribution in [0.4, 0.5) is 0 Å². The van der Waals surface area contributed by atoms with Gasteiger partial charge in [0, 0.05) is 0 Å². The first kappa shape index (κ1) is 13.4. The molecular weight excluding hydrogens is 220 g/mol. The van der Waals surface area contributed by atoms with Gasteiger partial charge in [-0.2, -0.15) is 0 Å². The van der Waals surface area contributed by atoms with Crippen LogP contribution in [-0.2, 0) is 6.61 Å². The smallest absolute Gasteiger partial charge is 0.203 e. The normalized spacial score (nSPS) is 10.6. The van der Waals surface area contributed by atoms with Crippen molar-refractivity contribution in [3.63, 3.8) is 0 Å². The van der Waals surface area contributed by atoms with Gasteiger partial charge in [-0.1, -0.05) is 12.2 Å². The number of benzene rings is 1. The predicted octanol–water partition coefficient (Wildman–Crippen LogP) is 2.15. The molecule has 4 nitrogen and oxygen atoms in total. The van der Waals surface area contributed by atoms with E-state index in [0.717, 1.165) is 5.56 Å². The van der Waals surface area contributed by atoms with Crippen LogP contribution in [0.5, 0.6) is 17.2 Å². The van der Waals surface area contributed by atoms with Crippen LogP contribution in [0.1, 0.15) is 12.5 Å². The Labute approximate surface area is 101 Å². The lowest BCUT2D eigenvalue weighted by Crippen LogP contribution is -2.00. The third-order valence-corrected chi connectivity index (χ3v) is 2.26. The van der Waals surface area contributed by atoms with Crippen molar-refractivity contribution in [3.05, 3.63) is 29.8 Å². The molecule has 0 spiro atoms. The van der Waals surface area contributed by atoms with E-state index in [1.807, 2.05) is 19.1 Å². The largest absolute Gasteiger partial charge is 0.493 e. The predicted molar refractivity (Wildman–Crippen MR) is 65.8 cm³/mol. The summed E-state index contributed by atoms with van der Waals surface area (Å²) in [4.78, 5) is 0. The minimum absolute atomic E-state index is 0.0676. The number of allylic oxidation sites excluding steroid dienone is 1. The zero-order chi connectivity index (χ0) is 12.7. The molecular formula is C13H18O4. The Bertz CT molecular complexity index is 360. The molecule has 0 radical (unpaired) electrons. The first-order chi connectivity index (χ1) is 8.26. The molecule has 17 heavy (non-hydrogen) atoms. The molecule has 1 aromatic carbocycles. The van der Waals surface area contributed by atoms with Crippen LogP contribution in [-0.4, -0.2) is 25.9 Å². The Kier molecular flexibility index (Phi) is 5.36. The van der Waals surface area contributed by atoms with Gasteiger partial charge in [-0.25, -0.2) is 0 Å². The molecule has 1 rings (SSSR count). The number of hydrogen-bond acceptors (Lipinski definition) is 4. The number of aliphatic hydroxyl groups is 1. The topological polar surface area (TPSA) is 47.9 Å². The molecule has 0 aliphatic carbocycles. The molecule has 0 aliphatic rings. The fourth-order valence-electron chi connectivity index (χ4n) is 1.40. The number of methoxy groups -OCH3 is 2. The highest BCUT2D eigenvalue weighted by Gasteiger charge is 2.13. The highest BCUT2D eigenvalue weighted by Crippen LogP contribution is 2.38. The maximum absolute atomic E-state index is 9.12. The van der Waals surface area contributed by atoms with Gasteiger partial charge in [0.15, 0.2) is 11.5 Å². The van der Waals surface area contributed by atoms with Gasteiger partial charge < -0.3 is 19.3 Å². The second-order valence-corrected chi connectivity index (χ2v) is 3.37. The first-order valence-corrected chi connectivity index (χ1v) is 5.36. The Balaban J connectivity index is 3.06. The maximum Gasteiger partial charge on any atom is 0.203 e. The van der Waals surface area contributed by atoms with Crippen LogP contribution in [0.15, 0.2) is 24.3 Å². The quantitative estimate of drug-likeness (QED) is 0.771. The van der Waals surface area contributed by atoms with E-state index in [4.69, 9.17) is 19.3 Å². The average molecular weight is 238 g/mol. The molecule has 1 aromatic rings. The summed E-state index contributed by atoms with van der Waals surface area (Å²) in [6.45, 7) is 2.30. The van der Waals surface area contributed by atoms with Crippen LogP contribution < -0.4 is 14.2 Å². The van der Waals surface area contributed by atoms with Crippen LogP contribution in [0.25, 0.3) is 0 Å². The number of aliphatic hydroxyl groups excluding tert-OH is 1. The summed E-state index contributed by atoms with van der Waals surface area (Å²) in [6.07, 6.45) is 3.79. The van der Waals surface area contributed by atoms with Crippen LogP contribution >= 0.6 is 0 Å². The van der Waals surface area contributed by atoms with Crippen molar-refractivity contribution < 1.29 is 19.3 Å². The van der Waals surface area contributed by atoms with Crippen molar-refractivity contribution >= 4 is 0 Å². The van der Waals surface area contributed by atoms with Gasteiger partial charge in [0.05, 0.1) is 20.8 Å². The fourth-order valence-corrected chi connectivity index (χ4v) is 1.40. The minimum Gasteiger partial charge on any atom is -0.493 e. The molecule has 0 aromatic heterocycles. The molecule has 94 valence electrons. The van der Waals surface area contributed by atoms with E-state index < -0.39 is 0 Å². The van der Waals surface area contributed by atoms with Gasteiger partial charge in [0.25, 0.3) is 0 Å². The Morgan fingerprint density at radius 3 is 2.18 bits per heavy atom. The molecule has 0 amide bonds. The monoisotopic (exact) mass is 238 g/mol. The van der Waals surface area contributed by atoms with E-state index in [1.54, 1.807) is 26.4 Å². The molecule has 0 bridgehead atoms. The lowest BCUT2D eigenvalue weighted by Gasteiger charge is -2.14. The summed E-state index contributed by atoms with van der Waals surface area (Å²) in [7, 11) is 3.11. The molecule has 0 aliphatic heterocycles. The zero-order valence-corrected chi connectivity index (χ0v) is 10.4. The molecule has 0 saturated carbocycles. The van der Waals surface area contributed by atoms with Gasteiger partial charge in [-0.3, -0.25) is 0 Å². The van der Waals surface area contributed by atoms with Crippen molar-refractivity contribution in [2.75, 3.05) is 20.8 Å². The van der Waals surface area contributed by atoms with E-state index in [1.165, 1.54) is 0 Å². The third-order valence-electron chi connectivity index (χ3n) is 2.26. The SMILES string of the molecule is C/C=C/COc1c(OC)cc(CO)cc1OC. The van der Waals surface area contributed by atoms with Gasteiger partial charge in [0.1, 0.15) is 6.61 Å². The van der Waals surface area contributed by atoms with Gasteiger partial charge in [0.2, 0.25) is 5.75 Å². The number of rotatable bonds is 6. The lowest BCUT2D eigenvalue weighted by atomic mass is 10.2. The van der Waals surface area contributed by atoms with Gasteiger partial charge >= 0.3 is 0 Å². The third kappa shape index (κ3) is 3.39. The van der Waals surface area contributed by atoms with Crippen LogP contribution in [0.3, 0.4) is 0 Å². The average Bonchev–Trinajstić information content (AvgIpc) is 2.38. The number of hydrogen-bond donors (Lipinski definition) is 1. The Morgan fingerprint density at radius 1 is 1.18 bits per heavy atom. The molecule has 0 atom stereocenters. The summed E-state index contributed by atoms with van der Waals surface area (Å²) in [5.74, 6) is 1.65. The highest BCUT2D eigenvalue weighted by atomic mass is 16.5. The first-order valence-electron chi connectivity index (χ1n) is 5.36. The summed E-state index contributed by atoms with van der Waals surface area (Å²) < 4.78 is 16.0. The van der Waals surface area contributed by atoms with Crippen LogP contribution in [0.2, 0.25) is 0 Å². The lowest BCUT2D eigenvalue weighted by molar-refractivity contribution is 0.275. The second-order valence-electron chi connectivity index (χ2n) is 3.37. The van der Waals surface area contributed by atoms with E-state index in [2.05, 4.69) is 0 Å². The van der Waals surface area contributed by atoms with Gasteiger partial charge in [-0.15, -0.1) is 0 Å². The standard InChI is InChI=1S/C13H18O4/c1-4-5-6-17-13-11(15-2)7-10(9-14)8-12(13)16-3/h4-5,7-8,14H,6,9H2,1-3H3/b5-4+. The van der Waals surface area contributed by atoms with Crippen molar-refractivity contribution in [1.82, 2.24) is 0 Å². The van der Waals surface area contributed by atoms with Crippen molar-refractivity contribution in [2.45, 2.75) is 13.5 Å². The molecule has 0 saturated heterocycles. The Morgan fingerprint density at radius 2 is 1.76 bits per heavy atom. The zero-order valence-electron chi connectivity index (χ0n) is 10.4. The Hall–Kier alpha value is -1.68. The molecule has 4 heteroatoms. The summed E-state index contributed by atoms with van der Waals surface area (Å²) in [5, 5.41) is 9.12. The van der Waals surface area contributed by atoms with Crippen molar-refractivity contribution in [2.24, 2.45) is 0 Å². The minimum atomic E-state index is -0.0676. The van der Waals surface area contributed by atoms with E-state index >= 15 is 0 Å². The van der Waals surface area contributed by atoms with Crippen molar-refractivity contribution in [1.29, 1.82) is 0 Å². The summed E-state index contributed by atoms with van der Waals surface area (Å²) in [6, 6.07) is 3.46. The van der Waals surface area contributed by atoms with Gasteiger partial charge in [-0.05, 0) is 24.6 Å². The van der Waals surface area contributed by atoms with E-state index in [0.29, 0.717) is 23.9 Å². The molecule has 0 fully saturated rings. The van der Waals surface area contributed by atoms with Crippen LogP contribution in [0, 0.1) is 0 Å². The number of ether oxygens (including phenoxy) is 3. The molecule has 0 unspecified atom stereocenters. The molecule has 0 heterocycles. The second kappa shape index (κ2) is 6.81. The molecule has 1 N–H and O–H groups in total. The summed E-state index contributed by atoms with van der Waals surface area (Å²) >= 11 is 0. The van der Waals surface area contributed by atoms with E-state index in [-0.39, 0.29) is 6.61 Å². The van der Waals surface area contributed by atoms with E-state index in [9.17, 15) is 0 Å².